The van der Waals surface area contributed by atoms with Crippen molar-refractivity contribution in [3.05, 3.63) is 29.3 Å². The predicted molar refractivity (Wildman–Crippen MR) is 91.2 cm³/mol. The molecular weight excluding hydrogens is 276 g/mol. The first kappa shape index (κ1) is 18.2. The third-order valence-electron chi connectivity index (χ3n) is 3.55. The van der Waals surface area contributed by atoms with Crippen LogP contribution in [0.2, 0.25) is 0 Å². The molecule has 0 aliphatic carbocycles. The molecule has 2 amide bonds. The molecule has 1 rings (SSSR count). The number of rotatable bonds is 6. The van der Waals surface area contributed by atoms with Gasteiger partial charge < -0.3 is 10.2 Å². The zero-order chi connectivity index (χ0) is 16.9. The maximum atomic E-state index is 12.1. The number of carbonyl (C=O) groups is 2. The summed E-state index contributed by atoms with van der Waals surface area (Å²) in [5, 5.41) is 2.86. The molecule has 22 heavy (non-hydrogen) atoms. The van der Waals surface area contributed by atoms with Gasteiger partial charge >= 0.3 is 0 Å². The van der Waals surface area contributed by atoms with Crippen molar-refractivity contribution in [2.45, 2.75) is 59.9 Å². The highest BCUT2D eigenvalue weighted by molar-refractivity contribution is 5.94. The van der Waals surface area contributed by atoms with Crippen molar-refractivity contribution < 1.29 is 9.59 Å². The molecule has 0 radical (unpaired) electrons. The lowest BCUT2D eigenvalue weighted by Gasteiger charge is -2.27. The molecule has 0 unspecified atom stereocenters. The van der Waals surface area contributed by atoms with Gasteiger partial charge in [-0.25, -0.2) is 0 Å². The summed E-state index contributed by atoms with van der Waals surface area (Å²) in [6.45, 7) is 12.0. The van der Waals surface area contributed by atoms with Crippen LogP contribution in [-0.4, -0.2) is 24.4 Å². The van der Waals surface area contributed by atoms with Crippen LogP contribution < -0.4 is 10.2 Å². The Morgan fingerprint density at radius 3 is 2.32 bits per heavy atom. The van der Waals surface area contributed by atoms with Crippen LogP contribution in [0.5, 0.6) is 0 Å². The molecule has 0 aromatic heterocycles. The lowest BCUT2D eigenvalue weighted by molar-refractivity contribution is -0.121. The maximum absolute atomic E-state index is 12.1. The number of carbonyl (C=O) groups excluding carboxylic acids is 2. The summed E-state index contributed by atoms with van der Waals surface area (Å²) >= 11 is 0. The number of aryl methyl sites for hydroxylation is 1. The Bertz CT molecular complexity index is 536. The summed E-state index contributed by atoms with van der Waals surface area (Å²) < 4.78 is 0. The molecule has 0 fully saturated rings. The van der Waals surface area contributed by atoms with E-state index in [0.29, 0.717) is 18.9 Å². The van der Waals surface area contributed by atoms with Gasteiger partial charge in [-0.15, -0.1) is 0 Å². The van der Waals surface area contributed by atoms with Crippen molar-refractivity contribution in [2.24, 2.45) is 0 Å². The minimum atomic E-state index is -0.0338. The summed E-state index contributed by atoms with van der Waals surface area (Å²) in [5.74, 6) is 0.260. The zero-order valence-corrected chi connectivity index (χ0v) is 14.6. The van der Waals surface area contributed by atoms with Gasteiger partial charge in [-0.2, -0.15) is 0 Å². The number of amides is 2. The number of anilines is 1. The summed E-state index contributed by atoms with van der Waals surface area (Å²) in [6, 6.07) is 6.18. The van der Waals surface area contributed by atoms with Crippen molar-refractivity contribution in [3.8, 4) is 0 Å². The van der Waals surface area contributed by atoms with Gasteiger partial charge in [0.05, 0.1) is 0 Å². The van der Waals surface area contributed by atoms with E-state index in [0.717, 1.165) is 16.8 Å². The van der Waals surface area contributed by atoms with Crippen molar-refractivity contribution in [2.75, 3.05) is 11.4 Å². The Labute approximate surface area is 133 Å². The van der Waals surface area contributed by atoms with Gasteiger partial charge in [0.15, 0.2) is 0 Å². The van der Waals surface area contributed by atoms with Gasteiger partial charge in [0.1, 0.15) is 0 Å². The smallest absolute Gasteiger partial charge is 0.223 e. The first-order chi connectivity index (χ1) is 10.2. The number of benzene rings is 1. The Morgan fingerprint density at radius 2 is 1.82 bits per heavy atom. The van der Waals surface area contributed by atoms with E-state index in [2.05, 4.69) is 25.2 Å². The Hall–Kier alpha value is -1.84. The van der Waals surface area contributed by atoms with Gasteiger partial charge in [-0.05, 0) is 37.8 Å². The standard InChI is InChI=1S/C18H28N2O2/c1-12(2)16-9-7-8-14(5)18(16)20(15(6)21)11-10-17(22)19-13(3)4/h7-9,12-13H,10-11H2,1-6H3,(H,19,22). The Balaban J connectivity index is 3.02. The first-order valence-corrected chi connectivity index (χ1v) is 7.91. The van der Waals surface area contributed by atoms with E-state index < -0.39 is 0 Å². The molecule has 0 bridgehead atoms. The monoisotopic (exact) mass is 304 g/mol. The Morgan fingerprint density at radius 1 is 1.18 bits per heavy atom. The third-order valence-corrected chi connectivity index (χ3v) is 3.55. The molecule has 0 heterocycles. The molecule has 0 aliphatic rings. The summed E-state index contributed by atoms with van der Waals surface area (Å²) in [4.78, 5) is 25.7. The van der Waals surface area contributed by atoms with Crippen LogP contribution in [-0.2, 0) is 9.59 Å². The predicted octanol–water partition coefficient (Wildman–Crippen LogP) is 3.39. The molecule has 0 saturated carbocycles. The van der Waals surface area contributed by atoms with Crippen molar-refractivity contribution in [3.63, 3.8) is 0 Å². The van der Waals surface area contributed by atoms with Gasteiger partial charge in [0.2, 0.25) is 11.8 Å². The second-order valence-corrected chi connectivity index (χ2v) is 6.31. The second-order valence-electron chi connectivity index (χ2n) is 6.31. The minimum absolute atomic E-state index is 0.0269. The number of hydrogen-bond donors (Lipinski definition) is 1. The summed E-state index contributed by atoms with van der Waals surface area (Å²) in [7, 11) is 0. The second kappa shape index (κ2) is 7.97. The van der Waals surface area contributed by atoms with Gasteiger partial charge in [0, 0.05) is 31.6 Å². The molecule has 0 spiro atoms. The zero-order valence-electron chi connectivity index (χ0n) is 14.6. The summed E-state index contributed by atoms with van der Waals surface area (Å²) in [5.41, 5.74) is 3.15. The molecule has 1 aromatic rings. The molecule has 0 saturated heterocycles. The number of hydrogen-bond acceptors (Lipinski definition) is 2. The molecule has 1 aromatic carbocycles. The van der Waals surface area contributed by atoms with Crippen LogP contribution in [0.15, 0.2) is 18.2 Å². The average molecular weight is 304 g/mol. The largest absolute Gasteiger partial charge is 0.354 e. The lowest BCUT2D eigenvalue weighted by atomic mass is 9.97. The van der Waals surface area contributed by atoms with Crippen molar-refractivity contribution in [1.82, 2.24) is 5.32 Å². The molecule has 0 atom stereocenters. The normalized spacial score (nSPS) is 10.9. The molecular formula is C18H28N2O2. The van der Waals surface area contributed by atoms with Crippen LogP contribution in [0.3, 0.4) is 0 Å². The fourth-order valence-electron chi connectivity index (χ4n) is 2.55. The van der Waals surface area contributed by atoms with E-state index in [4.69, 9.17) is 0 Å². The SMILES string of the molecule is CC(=O)N(CCC(=O)NC(C)C)c1c(C)cccc1C(C)C. The fraction of sp³-hybridized carbons (Fsp3) is 0.556. The highest BCUT2D eigenvalue weighted by Gasteiger charge is 2.20. The van der Waals surface area contributed by atoms with E-state index >= 15 is 0 Å². The fourth-order valence-corrected chi connectivity index (χ4v) is 2.55. The quantitative estimate of drug-likeness (QED) is 0.876. The van der Waals surface area contributed by atoms with Crippen molar-refractivity contribution >= 4 is 17.5 Å². The highest BCUT2D eigenvalue weighted by Crippen LogP contribution is 2.31. The third kappa shape index (κ3) is 4.86. The van der Waals surface area contributed by atoms with E-state index in [9.17, 15) is 9.59 Å². The summed E-state index contributed by atoms with van der Waals surface area (Å²) in [6.07, 6.45) is 0.309. The van der Waals surface area contributed by atoms with E-state index in [1.165, 1.54) is 0 Å². The van der Waals surface area contributed by atoms with Gasteiger partial charge in [0.25, 0.3) is 0 Å². The van der Waals surface area contributed by atoms with Gasteiger partial charge in [-0.3, -0.25) is 9.59 Å². The average Bonchev–Trinajstić information content (AvgIpc) is 2.38. The Kier molecular flexibility index (Phi) is 6.60. The molecule has 1 N–H and O–H groups in total. The number of nitrogens with zero attached hydrogens (tertiary/aromatic N) is 1. The maximum Gasteiger partial charge on any atom is 0.223 e. The van der Waals surface area contributed by atoms with Crippen LogP contribution in [0, 0.1) is 6.92 Å². The van der Waals surface area contributed by atoms with Gasteiger partial charge in [-0.1, -0.05) is 32.0 Å². The van der Waals surface area contributed by atoms with E-state index in [1.54, 1.807) is 11.8 Å². The molecule has 4 nitrogen and oxygen atoms in total. The lowest BCUT2D eigenvalue weighted by Crippen LogP contribution is -2.36. The number of nitrogens with one attached hydrogen (secondary N) is 1. The molecule has 4 heteroatoms. The highest BCUT2D eigenvalue weighted by atomic mass is 16.2. The van der Waals surface area contributed by atoms with Crippen LogP contribution in [0.25, 0.3) is 0 Å². The van der Waals surface area contributed by atoms with E-state index in [-0.39, 0.29) is 17.9 Å². The van der Waals surface area contributed by atoms with Crippen LogP contribution in [0.4, 0.5) is 5.69 Å². The molecule has 122 valence electrons. The van der Waals surface area contributed by atoms with Crippen LogP contribution in [0.1, 0.15) is 58.1 Å². The van der Waals surface area contributed by atoms with Crippen molar-refractivity contribution in [1.29, 1.82) is 0 Å². The van der Waals surface area contributed by atoms with E-state index in [1.807, 2.05) is 32.9 Å². The number of para-hydroxylation sites is 1. The molecule has 0 aliphatic heterocycles. The minimum Gasteiger partial charge on any atom is -0.354 e. The topological polar surface area (TPSA) is 49.4 Å². The van der Waals surface area contributed by atoms with Crippen LogP contribution >= 0.6 is 0 Å². The first-order valence-electron chi connectivity index (χ1n) is 7.91.